The van der Waals surface area contributed by atoms with Crippen LogP contribution in [0.5, 0.6) is 0 Å². The number of sulfonamides is 1. The molecule has 1 aliphatic rings. The Morgan fingerprint density at radius 2 is 1.82 bits per heavy atom. The van der Waals surface area contributed by atoms with E-state index >= 15 is 0 Å². The van der Waals surface area contributed by atoms with Crippen LogP contribution in [0.4, 0.5) is 5.13 Å². The van der Waals surface area contributed by atoms with Crippen molar-refractivity contribution in [3.63, 3.8) is 0 Å². The van der Waals surface area contributed by atoms with Crippen LogP contribution in [0.1, 0.15) is 35.7 Å². The van der Waals surface area contributed by atoms with Crippen LogP contribution in [0.25, 0.3) is 10.2 Å². The van der Waals surface area contributed by atoms with E-state index in [0.717, 1.165) is 29.5 Å². The summed E-state index contributed by atoms with van der Waals surface area (Å²) in [6, 6.07) is 12.2. The number of amides is 1. The lowest BCUT2D eigenvalue weighted by Crippen LogP contribution is -2.38. The molecule has 3 aromatic rings. The minimum absolute atomic E-state index is 0.0630. The summed E-state index contributed by atoms with van der Waals surface area (Å²) in [7, 11) is -0.733. The topological polar surface area (TPSA) is 98.3 Å². The molecule has 1 saturated heterocycles. The molecule has 0 N–H and O–H groups in total. The van der Waals surface area contributed by atoms with E-state index in [0.29, 0.717) is 23.8 Å². The van der Waals surface area contributed by atoms with Gasteiger partial charge in [0.05, 0.1) is 41.0 Å². The number of carbonyl (C=O) groups is 1. The molecule has 0 saturated carbocycles. The van der Waals surface area contributed by atoms with Gasteiger partial charge in [0.25, 0.3) is 5.91 Å². The first-order valence-electron chi connectivity index (χ1n) is 12.8. The second-order valence-corrected chi connectivity index (χ2v) is 12.1. The Bertz CT molecular complexity index is 1310. The molecule has 0 radical (unpaired) electrons. The number of hydrogen-bond donors (Lipinski definition) is 0. The molecule has 11 heteroatoms. The van der Waals surface area contributed by atoms with Gasteiger partial charge in [0, 0.05) is 39.5 Å². The highest BCUT2D eigenvalue weighted by Crippen LogP contribution is 2.32. The summed E-state index contributed by atoms with van der Waals surface area (Å²) in [4.78, 5) is 20.3. The van der Waals surface area contributed by atoms with Crippen LogP contribution >= 0.6 is 11.3 Å². The monoisotopic (exact) mass is 561 g/mol. The van der Waals surface area contributed by atoms with Crippen molar-refractivity contribution >= 4 is 42.6 Å². The van der Waals surface area contributed by atoms with Gasteiger partial charge in [-0.05, 0) is 61.2 Å². The highest BCUT2D eigenvalue weighted by atomic mass is 32.2. The van der Waals surface area contributed by atoms with E-state index in [4.69, 9.17) is 19.2 Å². The van der Waals surface area contributed by atoms with Crippen molar-refractivity contribution in [2.45, 2.75) is 37.2 Å². The number of fused-ring (bicyclic) bond motifs is 1. The molecule has 0 aliphatic carbocycles. The smallest absolute Gasteiger partial charge is 0.260 e. The van der Waals surface area contributed by atoms with Crippen molar-refractivity contribution in [2.75, 3.05) is 58.6 Å². The summed E-state index contributed by atoms with van der Waals surface area (Å²) < 4.78 is 44.9. The third-order valence-electron chi connectivity index (χ3n) is 6.56. The second-order valence-electron chi connectivity index (χ2n) is 9.12. The van der Waals surface area contributed by atoms with Gasteiger partial charge in [0.1, 0.15) is 0 Å². The fourth-order valence-electron chi connectivity index (χ4n) is 4.34. The number of anilines is 1. The normalized spacial score (nSPS) is 15.9. The van der Waals surface area contributed by atoms with Crippen molar-refractivity contribution in [1.82, 2.24) is 9.29 Å². The lowest BCUT2D eigenvalue weighted by Gasteiger charge is -2.24. The average molecular weight is 562 g/mol. The number of aryl methyl sites for hydroxylation is 1. The van der Waals surface area contributed by atoms with Gasteiger partial charge in [0.2, 0.25) is 10.0 Å². The van der Waals surface area contributed by atoms with Gasteiger partial charge in [0.15, 0.2) is 5.13 Å². The summed E-state index contributed by atoms with van der Waals surface area (Å²) in [6.07, 6.45) is 2.70. The van der Waals surface area contributed by atoms with Gasteiger partial charge in [-0.3, -0.25) is 9.69 Å². The molecule has 1 amide bonds. The number of ether oxygens (including phenoxy) is 3. The Kier molecular flexibility index (Phi) is 9.85. The Balaban J connectivity index is 1.61. The number of carbonyl (C=O) groups excluding carboxylic acids is 1. The fraction of sp³-hybridized carbons (Fsp3) is 0.481. The van der Waals surface area contributed by atoms with E-state index < -0.39 is 10.0 Å². The highest BCUT2D eigenvalue weighted by Gasteiger charge is 2.28. The largest absolute Gasteiger partial charge is 0.383 e. The zero-order valence-electron chi connectivity index (χ0n) is 22.1. The van der Waals surface area contributed by atoms with Gasteiger partial charge in [-0.2, -0.15) is 4.31 Å². The van der Waals surface area contributed by atoms with Crippen LogP contribution in [0.15, 0.2) is 47.4 Å². The molecule has 1 fully saturated rings. The summed E-state index contributed by atoms with van der Waals surface area (Å²) in [5.41, 5.74) is 2.45. The number of nitrogens with zero attached hydrogens (tertiary/aromatic N) is 3. The number of benzene rings is 2. The van der Waals surface area contributed by atoms with Crippen molar-refractivity contribution in [2.24, 2.45) is 0 Å². The highest BCUT2D eigenvalue weighted by molar-refractivity contribution is 7.89. The third kappa shape index (κ3) is 6.59. The van der Waals surface area contributed by atoms with E-state index in [1.165, 1.54) is 47.6 Å². The molecule has 4 rings (SSSR count). The first-order chi connectivity index (χ1) is 18.4. The van der Waals surface area contributed by atoms with Gasteiger partial charge in [-0.1, -0.05) is 24.3 Å². The number of thiazole rings is 1. The van der Waals surface area contributed by atoms with E-state index in [1.807, 2.05) is 6.07 Å². The average Bonchev–Trinajstić information content (AvgIpc) is 3.60. The van der Waals surface area contributed by atoms with Crippen LogP contribution in [0.3, 0.4) is 0 Å². The lowest BCUT2D eigenvalue weighted by molar-refractivity contribution is 0.0917. The Labute approximate surface area is 228 Å². The minimum Gasteiger partial charge on any atom is -0.383 e. The van der Waals surface area contributed by atoms with E-state index in [9.17, 15) is 13.2 Å². The van der Waals surface area contributed by atoms with Gasteiger partial charge in [-0.15, -0.1) is 0 Å². The Morgan fingerprint density at radius 3 is 2.42 bits per heavy atom. The number of aromatic nitrogens is 1. The zero-order chi connectivity index (χ0) is 27.1. The molecule has 1 atom stereocenters. The van der Waals surface area contributed by atoms with Crippen LogP contribution in [0, 0.1) is 0 Å². The van der Waals surface area contributed by atoms with E-state index in [1.54, 1.807) is 17.0 Å². The van der Waals surface area contributed by atoms with E-state index in [2.05, 4.69) is 19.1 Å². The van der Waals surface area contributed by atoms with Crippen LogP contribution in [-0.4, -0.2) is 83.4 Å². The quantitative estimate of drug-likeness (QED) is 0.311. The van der Waals surface area contributed by atoms with Crippen molar-refractivity contribution in [3.8, 4) is 0 Å². The van der Waals surface area contributed by atoms with Crippen LogP contribution in [-0.2, 0) is 30.7 Å². The van der Waals surface area contributed by atoms with Crippen LogP contribution in [0.2, 0.25) is 0 Å². The standard InChI is InChI=1S/C27H35N3O6S2/c1-4-20-7-12-24-25(18-20)37-27(28-24)30(19-22-6-5-15-36-22)26(31)21-8-10-23(11-9-21)38(32,33)29(13-16-34-2)14-17-35-3/h7-12,18,22H,4-6,13-17,19H2,1-3H3. The van der Waals surface area contributed by atoms with Crippen LogP contribution < -0.4 is 4.90 Å². The molecule has 0 spiro atoms. The van der Waals surface area contributed by atoms with Gasteiger partial charge >= 0.3 is 0 Å². The molecule has 1 aliphatic heterocycles. The SMILES string of the molecule is CCc1ccc2nc(N(CC3CCCO3)C(=O)c3ccc(S(=O)(=O)N(CCOC)CCOC)cc3)sc2c1. The molecule has 2 heterocycles. The molecule has 1 unspecified atom stereocenters. The molecular weight excluding hydrogens is 526 g/mol. The first-order valence-corrected chi connectivity index (χ1v) is 15.0. The second kappa shape index (κ2) is 13.1. The summed E-state index contributed by atoms with van der Waals surface area (Å²) in [5.74, 6) is -0.241. The number of rotatable bonds is 13. The molecular formula is C27H35N3O6S2. The molecule has 206 valence electrons. The summed E-state index contributed by atoms with van der Waals surface area (Å²) >= 11 is 1.48. The lowest BCUT2D eigenvalue weighted by atomic mass is 10.1. The maximum Gasteiger partial charge on any atom is 0.260 e. The molecule has 9 nitrogen and oxygen atoms in total. The molecule has 0 bridgehead atoms. The number of methoxy groups -OCH3 is 2. The Hall–Kier alpha value is -2.41. The van der Waals surface area contributed by atoms with Gasteiger partial charge < -0.3 is 14.2 Å². The molecule has 1 aromatic heterocycles. The summed E-state index contributed by atoms with van der Waals surface area (Å²) in [5, 5.41) is 0.607. The van der Waals surface area contributed by atoms with Crippen molar-refractivity contribution in [3.05, 3.63) is 53.6 Å². The minimum atomic E-state index is -3.78. The fourth-order valence-corrected chi connectivity index (χ4v) is 6.79. The third-order valence-corrected chi connectivity index (χ3v) is 9.52. The van der Waals surface area contributed by atoms with Crippen molar-refractivity contribution in [1.29, 1.82) is 0 Å². The first kappa shape index (κ1) is 28.6. The predicted octanol–water partition coefficient (Wildman–Crippen LogP) is 3.97. The van der Waals surface area contributed by atoms with Gasteiger partial charge in [-0.25, -0.2) is 13.4 Å². The zero-order valence-corrected chi connectivity index (χ0v) is 23.7. The van der Waals surface area contributed by atoms with Crippen molar-refractivity contribution < 1.29 is 27.4 Å². The molecule has 2 aromatic carbocycles. The summed E-state index contributed by atoms with van der Waals surface area (Å²) in [6.45, 7) is 4.11. The Morgan fingerprint density at radius 1 is 1.11 bits per heavy atom. The molecule has 38 heavy (non-hydrogen) atoms. The predicted molar refractivity (Wildman–Crippen MR) is 149 cm³/mol. The van der Waals surface area contributed by atoms with E-state index in [-0.39, 0.29) is 43.2 Å². The maximum absolute atomic E-state index is 13.8. The maximum atomic E-state index is 13.8. The number of hydrogen-bond acceptors (Lipinski definition) is 8.